The van der Waals surface area contributed by atoms with Gasteiger partial charge >= 0.3 is 5.97 Å². The van der Waals surface area contributed by atoms with Crippen LogP contribution in [0.3, 0.4) is 0 Å². The van der Waals surface area contributed by atoms with E-state index in [1.165, 1.54) is 30.6 Å². The second-order valence-corrected chi connectivity index (χ2v) is 7.10. The summed E-state index contributed by atoms with van der Waals surface area (Å²) in [7, 11) is 0. The number of amides is 4. The van der Waals surface area contributed by atoms with Crippen LogP contribution >= 0.6 is 0 Å². The van der Waals surface area contributed by atoms with Gasteiger partial charge in [-0.2, -0.15) is 0 Å². The van der Waals surface area contributed by atoms with Crippen LogP contribution in [-0.4, -0.2) is 60.5 Å². The highest BCUT2D eigenvalue weighted by molar-refractivity contribution is 6.23. The van der Waals surface area contributed by atoms with Crippen molar-refractivity contribution in [2.75, 3.05) is 0 Å². The number of aromatic nitrogens is 2. The van der Waals surface area contributed by atoms with Gasteiger partial charge in [-0.3, -0.25) is 29.0 Å². The number of aliphatic carboxylic acids is 1. The van der Waals surface area contributed by atoms with Crippen molar-refractivity contribution in [2.45, 2.75) is 31.3 Å². The number of hydrogen-bond acceptors (Lipinski definition) is 7. The van der Waals surface area contributed by atoms with Gasteiger partial charge in [-0.15, -0.1) is 0 Å². The Hall–Kier alpha value is -3.95. The van der Waals surface area contributed by atoms with Crippen LogP contribution in [0.4, 0.5) is 0 Å². The van der Waals surface area contributed by atoms with E-state index in [1.807, 2.05) is 0 Å². The largest absolute Gasteiger partial charge is 0.479 e. The molecule has 2 aliphatic heterocycles. The van der Waals surface area contributed by atoms with Crippen LogP contribution in [0.2, 0.25) is 0 Å². The first-order chi connectivity index (χ1) is 14.3. The molecule has 10 nitrogen and oxygen atoms in total. The van der Waals surface area contributed by atoms with Gasteiger partial charge in [0.05, 0.1) is 11.1 Å². The van der Waals surface area contributed by atoms with E-state index in [-0.39, 0.29) is 29.8 Å². The molecule has 2 unspecified atom stereocenters. The van der Waals surface area contributed by atoms with Gasteiger partial charge in [0.2, 0.25) is 11.4 Å². The summed E-state index contributed by atoms with van der Waals surface area (Å²) in [5.74, 6) is -4.79. The van der Waals surface area contributed by atoms with Crippen molar-refractivity contribution in [1.82, 2.24) is 19.8 Å². The standard InChI is InChI=1S/C20H16N4O6/c1-20(19(29)30,18-21-9-4-10-22-18)24-14(25)8-7-13(17(24)28)23-15(26)11-5-2-3-6-12(11)16(23)27/h2-6,9-10,13H,7-8H2,1H3,(H,29,30). The fourth-order valence-electron chi connectivity index (χ4n) is 3.81. The first-order valence-electron chi connectivity index (χ1n) is 9.13. The van der Waals surface area contributed by atoms with E-state index in [2.05, 4.69) is 9.97 Å². The number of hydrogen-bond donors (Lipinski definition) is 1. The second-order valence-electron chi connectivity index (χ2n) is 7.10. The van der Waals surface area contributed by atoms with Crippen molar-refractivity contribution in [2.24, 2.45) is 0 Å². The van der Waals surface area contributed by atoms with Gasteiger partial charge in [-0.1, -0.05) is 12.1 Å². The molecule has 0 spiro atoms. The predicted octanol–water partition coefficient (Wildman–Crippen LogP) is 0.590. The average molecular weight is 408 g/mol. The number of imide groups is 2. The molecule has 0 radical (unpaired) electrons. The summed E-state index contributed by atoms with van der Waals surface area (Å²) < 4.78 is 0. The highest BCUT2D eigenvalue weighted by Crippen LogP contribution is 2.34. The average Bonchev–Trinajstić information content (AvgIpc) is 2.99. The third-order valence-electron chi connectivity index (χ3n) is 5.39. The predicted molar refractivity (Wildman–Crippen MR) is 98.8 cm³/mol. The van der Waals surface area contributed by atoms with E-state index in [1.54, 1.807) is 12.1 Å². The van der Waals surface area contributed by atoms with Gasteiger partial charge < -0.3 is 5.11 Å². The molecule has 4 amide bonds. The Morgan fingerprint density at radius 2 is 1.60 bits per heavy atom. The van der Waals surface area contributed by atoms with Gasteiger partial charge in [0, 0.05) is 18.8 Å². The third-order valence-corrected chi connectivity index (χ3v) is 5.39. The molecule has 1 fully saturated rings. The molecule has 1 aromatic carbocycles. The molecular formula is C20H16N4O6. The van der Waals surface area contributed by atoms with Crippen molar-refractivity contribution >= 4 is 29.6 Å². The van der Waals surface area contributed by atoms with E-state index >= 15 is 0 Å². The van der Waals surface area contributed by atoms with E-state index in [0.29, 0.717) is 4.90 Å². The first kappa shape index (κ1) is 19.4. The number of benzene rings is 1. The summed E-state index contributed by atoms with van der Waals surface area (Å²) in [5, 5.41) is 9.90. The molecule has 4 rings (SSSR count). The normalized spacial score (nSPS) is 20.9. The molecule has 2 atom stereocenters. The molecular weight excluding hydrogens is 392 g/mol. The summed E-state index contributed by atoms with van der Waals surface area (Å²) in [6.07, 6.45) is 2.28. The SMILES string of the molecule is CC(C(=O)O)(c1ncccn1)N1C(=O)CCC(N2C(=O)c3ccccc3C2=O)C1=O. The lowest BCUT2D eigenvalue weighted by atomic mass is 9.92. The van der Waals surface area contributed by atoms with Gasteiger partial charge in [-0.25, -0.2) is 14.8 Å². The first-order valence-corrected chi connectivity index (χ1v) is 9.13. The minimum atomic E-state index is -2.20. The van der Waals surface area contributed by atoms with Crippen LogP contribution in [0.1, 0.15) is 46.3 Å². The number of fused-ring (bicyclic) bond motifs is 1. The van der Waals surface area contributed by atoms with Gasteiger partial charge in [-0.05, 0) is 31.5 Å². The van der Waals surface area contributed by atoms with Crippen molar-refractivity contribution < 1.29 is 29.1 Å². The number of carbonyl (C=O) groups is 5. The second kappa shape index (κ2) is 6.83. The topological polar surface area (TPSA) is 138 Å². The highest BCUT2D eigenvalue weighted by Gasteiger charge is 2.55. The number of piperidine rings is 1. The molecule has 1 N–H and O–H groups in total. The van der Waals surface area contributed by atoms with Crippen molar-refractivity contribution in [3.8, 4) is 0 Å². The van der Waals surface area contributed by atoms with E-state index in [9.17, 15) is 29.1 Å². The van der Waals surface area contributed by atoms with Gasteiger partial charge in [0.15, 0.2) is 5.82 Å². The van der Waals surface area contributed by atoms with Gasteiger partial charge in [0.25, 0.3) is 17.7 Å². The van der Waals surface area contributed by atoms with Crippen LogP contribution in [0.25, 0.3) is 0 Å². The number of rotatable bonds is 4. The molecule has 0 bridgehead atoms. The maximum absolute atomic E-state index is 13.3. The van der Waals surface area contributed by atoms with E-state index < -0.39 is 41.2 Å². The summed E-state index contributed by atoms with van der Waals surface area (Å²) in [6.45, 7) is 1.14. The molecule has 0 aliphatic carbocycles. The minimum absolute atomic E-state index is 0.0923. The molecule has 0 saturated carbocycles. The Kier molecular flexibility index (Phi) is 4.41. The summed E-state index contributed by atoms with van der Waals surface area (Å²) >= 11 is 0. The smallest absolute Gasteiger partial charge is 0.337 e. The quantitative estimate of drug-likeness (QED) is 0.726. The lowest BCUT2D eigenvalue weighted by Crippen LogP contribution is -2.64. The van der Waals surface area contributed by atoms with Gasteiger partial charge in [0.1, 0.15) is 6.04 Å². The molecule has 2 aromatic rings. The highest BCUT2D eigenvalue weighted by atomic mass is 16.4. The number of carbonyl (C=O) groups excluding carboxylic acids is 4. The Morgan fingerprint density at radius 1 is 1.03 bits per heavy atom. The zero-order valence-corrected chi connectivity index (χ0v) is 15.8. The summed E-state index contributed by atoms with van der Waals surface area (Å²) in [6, 6.07) is 6.31. The maximum Gasteiger partial charge on any atom is 0.337 e. The van der Waals surface area contributed by atoms with Crippen LogP contribution in [-0.2, 0) is 19.9 Å². The molecule has 1 aromatic heterocycles. The molecule has 1 saturated heterocycles. The van der Waals surface area contributed by atoms with E-state index in [4.69, 9.17) is 0 Å². The molecule has 2 aliphatic rings. The summed E-state index contributed by atoms with van der Waals surface area (Å²) in [5.41, 5.74) is -1.88. The van der Waals surface area contributed by atoms with Crippen LogP contribution in [0.5, 0.6) is 0 Å². The number of likely N-dealkylation sites (tertiary alicyclic amines) is 1. The molecule has 30 heavy (non-hydrogen) atoms. The zero-order chi connectivity index (χ0) is 21.6. The minimum Gasteiger partial charge on any atom is -0.479 e. The van der Waals surface area contributed by atoms with Crippen LogP contribution in [0, 0.1) is 0 Å². The molecule has 3 heterocycles. The van der Waals surface area contributed by atoms with Crippen LogP contribution < -0.4 is 0 Å². The summed E-state index contributed by atoms with van der Waals surface area (Å²) in [4.78, 5) is 73.0. The van der Waals surface area contributed by atoms with E-state index in [0.717, 1.165) is 11.8 Å². The Balaban J connectivity index is 1.76. The molecule has 10 heteroatoms. The van der Waals surface area contributed by atoms with Crippen molar-refractivity contribution in [3.05, 3.63) is 59.7 Å². The number of carboxylic acids is 1. The van der Waals surface area contributed by atoms with Crippen molar-refractivity contribution in [1.29, 1.82) is 0 Å². The maximum atomic E-state index is 13.3. The zero-order valence-electron chi connectivity index (χ0n) is 15.8. The lowest BCUT2D eigenvalue weighted by molar-refractivity contribution is -0.171. The number of nitrogens with zero attached hydrogens (tertiary/aromatic N) is 4. The Morgan fingerprint density at radius 3 is 2.13 bits per heavy atom. The fourth-order valence-corrected chi connectivity index (χ4v) is 3.81. The third kappa shape index (κ3) is 2.60. The monoisotopic (exact) mass is 408 g/mol. The Labute approximate surface area is 170 Å². The Bertz CT molecular complexity index is 1070. The lowest BCUT2D eigenvalue weighted by Gasteiger charge is -2.41. The fraction of sp³-hybridized carbons (Fsp3) is 0.250. The van der Waals surface area contributed by atoms with Crippen molar-refractivity contribution in [3.63, 3.8) is 0 Å². The van der Waals surface area contributed by atoms with Crippen LogP contribution in [0.15, 0.2) is 42.7 Å². The molecule has 152 valence electrons. The number of carboxylic acid groups (broad SMARTS) is 1.